The molecular formula is C23H22F2N4O4S. The highest BCUT2D eigenvalue weighted by atomic mass is 32.2. The van der Waals surface area contributed by atoms with Gasteiger partial charge in [0.1, 0.15) is 23.1 Å². The smallest absolute Gasteiger partial charge is 0.246 e. The van der Waals surface area contributed by atoms with E-state index in [0.29, 0.717) is 11.8 Å². The summed E-state index contributed by atoms with van der Waals surface area (Å²) in [6, 6.07) is 9.30. The average molecular weight is 489 g/mol. The number of anilines is 1. The molecule has 4 rings (SSSR count). The van der Waals surface area contributed by atoms with E-state index >= 15 is 0 Å². The van der Waals surface area contributed by atoms with Crippen LogP contribution in [-0.4, -0.2) is 41.7 Å². The molecule has 0 spiro atoms. The van der Waals surface area contributed by atoms with Gasteiger partial charge in [-0.25, -0.2) is 22.2 Å². The number of carbonyl (C=O) groups is 1. The molecule has 0 bridgehead atoms. The highest BCUT2D eigenvalue weighted by Crippen LogP contribution is 2.28. The topological polar surface area (TPSA) is 101 Å². The van der Waals surface area contributed by atoms with Crippen molar-refractivity contribution in [1.29, 1.82) is 0 Å². The molecule has 3 aromatic rings. The van der Waals surface area contributed by atoms with E-state index in [0.717, 1.165) is 22.0 Å². The Labute approximate surface area is 195 Å². The first kappa shape index (κ1) is 23.7. The SMILES string of the molecule is O=C(Nc1ncccc1OCc1ccncc1)C1CCN(S(=O)(=O)c2cc(F)ccc2F)CC1. The van der Waals surface area contributed by atoms with Crippen molar-refractivity contribution in [2.24, 2.45) is 5.92 Å². The van der Waals surface area contributed by atoms with Gasteiger partial charge >= 0.3 is 0 Å². The van der Waals surface area contributed by atoms with Crippen molar-refractivity contribution in [1.82, 2.24) is 14.3 Å². The van der Waals surface area contributed by atoms with Crippen LogP contribution in [0.2, 0.25) is 0 Å². The van der Waals surface area contributed by atoms with Crippen LogP contribution in [0.1, 0.15) is 18.4 Å². The van der Waals surface area contributed by atoms with Crippen LogP contribution in [0.5, 0.6) is 5.75 Å². The summed E-state index contributed by atoms with van der Waals surface area (Å²) in [5.41, 5.74) is 0.902. The van der Waals surface area contributed by atoms with Gasteiger partial charge in [-0.3, -0.25) is 9.78 Å². The Balaban J connectivity index is 1.38. The van der Waals surface area contributed by atoms with E-state index in [2.05, 4.69) is 15.3 Å². The maximum Gasteiger partial charge on any atom is 0.246 e. The van der Waals surface area contributed by atoms with Crippen molar-refractivity contribution in [2.75, 3.05) is 18.4 Å². The Morgan fingerprint density at radius 2 is 1.82 bits per heavy atom. The van der Waals surface area contributed by atoms with E-state index in [4.69, 9.17) is 4.74 Å². The molecule has 0 saturated carbocycles. The number of hydrogen-bond acceptors (Lipinski definition) is 6. The second-order valence-electron chi connectivity index (χ2n) is 7.74. The lowest BCUT2D eigenvalue weighted by Crippen LogP contribution is -2.41. The molecule has 1 aliphatic rings. The van der Waals surface area contributed by atoms with E-state index in [9.17, 15) is 22.0 Å². The predicted octanol–water partition coefficient (Wildman–Crippen LogP) is 3.37. The van der Waals surface area contributed by atoms with Crippen molar-refractivity contribution in [3.63, 3.8) is 0 Å². The number of halogens is 2. The Hall–Kier alpha value is -3.44. The number of hydrogen-bond donors (Lipinski definition) is 1. The fraction of sp³-hybridized carbons (Fsp3) is 0.261. The Bertz CT molecular complexity index is 1270. The van der Waals surface area contributed by atoms with Crippen LogP contribution in [0.15, 0.2) is 66.0 Å². The van der Waals surface area contributed by atoms with Gasteiger partial charge in [-0.1, -0.05) is 0 Å². The number of pyridine rings is 2. The molecular weight excluding hydrogens is 466 g/mol. The van der Waals surface area contributed by atoms with Gasteiger partial charge in [0.2, 0.25) is 15.9 Å². The van der Waals surface area contributed by atoms with Gasteiger partial charge in [0.25, 0.3) is 0 Å². The van der Waals surface area contributed by atoms with Crippen LogP contribution >= 0.6 is 0 Å². The summed E-state index contributed by atoms with van der Waals surface area (Å²) in [7, 11) is -4.21. The molecule has 0 atom stereocenters. The van der Waals surface area contributed by atoms with Crippen molar-refractivity contribution in [2.45, 2.75) is 24.3 Å². The van der Waals surface area contributed by atoms with Crippen LogP contribution in [0, 0.1) is 17.6 Å². The standard InChI is InChI=1S/C23H22F2N4O4S/c24-18-3-4-19(25)21(14-18)34(31,32)29-12-7-17(8-13-29)23(30)28-22-20(2-1-9-27-22)33-15-16-5-10-26-11-6-16/h1-6,9-11,14,17H,7-8,12-13,15H2,(H,27,28,30). The first-order valence-electron chi connectivity index (χ1n) is 10.6. The monoisotopic (exact) mass is 488 g/mol. The van der Waals surface area contributed by atoms with E-state index in [1.807, 2.05) is 12.1 Å². The molecule has 1 fully saturated rings. The highest BCUT2D eigenvalue weighted by molar-refractivity contribution is 7.89. The number of nitrogens with one attached hydrogen (secondary N) is 1. The third kappa shape index (κ3) is 5.37. The van der Waals surface area contributed by atoms with Crippen molar-refractivity contribution >= 4 is 21.7 Å². The Morgan fingerprint density at radius 3 is 2.56 bits per heavy atom. The summed E-state index contributed by atoms with van der Waals surface area (Å²) < 4.78 is 59.9. The fourth-order valence-corrected chi connectivity index (χ4v) is 5.18. The zero-order valence-electron chi connectivity index (χ0n) is 18.0. The van der Waals surface area contributed by atoms with Crippen LogP contribution in [0.4, 0.5) is 14.6 Å². The van der Waals surface area contributed by atoms with E-state index in [1.54, 1.807) is 24.5 Å². The number of piperidine rings is 1. The number of ether oxygens (including phenoxy) is 1. The molecule has 11 heteroatoms. The molecule has 0 unspecified atom stereocenters. The van der Waals surface area contributed by atoms with Crippen LogP contribution in [0.3, 0.4) is 0 Å². The lowest BCUT2D eigenvalue weighted by Gasteiger charge is -2.30. The van der Waals surface area contributed by atoms with Gasteiger partial charge in [-0.2, -0.15) is 4.31 Å². The lowest BCUT2D eigenvalue weighted by atomic mass is 9.97. The minimum Gasteiger partial charge on any atom is -0.485 e. The normalized spacial score (nSPS) is 15.1. The predicted molar refractivity (Wildman–Crippen MR) is 119 cm³/mol. The van der Waals surface area contributed by atoms with Crippen LogP contribution in [-0.2, 0) is 21.4 Å². The fourth-order valence-electron chi connectivity index (χ4n) is 3.63. The minimum absolute atomic E-state index is 0.00396. The number of rotatable bonds is 7. The number of sulfonamides is 1. The van der Waals surface area contributed by atoms with Gasteiger partial charge in [-0.15, -0.1) is 0 Å². The molecule has 0 radical (unpaired) electrons. The average Bonchev–Trinajstić information content (AvgIpc) is 2.85. The Kier molecular flexibility index (Phi) is 7.13. The molecule has 1 amide bonds. The Morgan fingerprint density at radius 1 is 1.09 bits per heavy atom. The zero-order valence-corrected chi connectivity index (χ0v) is 18.8. The van der Waals surface area contributed by atoms with Gasteiger partial charge in [0.05, 0.1) is 0 Å². The van der Waals surface area contributed by atoms with Crippen LogP contribution < -0.4 is 10.1 Å². The number of benzene rings is 1. The summed E-state index contributed by atoms with van der Waals surface area (Å²) in [5, 5.41) is 2.75. The molecule has 1 aromatic carbocycles. The first-order valence-corrected chi connectivity index (χ1v) is 12.0. The first-order chi connectivity index (χ1) is 16.3. The summed E-state index contributed by atoms with van der Waals surface area (Å²) >= 11 is 0. The van der Waals surface area contributed by atoms with E-state index in [-0.39, 0.29) is 44.3 Å². The maximum absolute atomic E-state index is 14.0. The quantitative estimate of drug-likeness (QED) is 0.547. The zero-order chi connectivity index (χ0) is 24.1. The van der Waals surface area contributed by atoms with Crippen molar-refractivity contribution < 1.29 is 26.7 Å². The van der Waals surface area contributed by atoms with Gasteiger partial charge in [-0.05, 0) is 60.9 Å². The van der Waals surface area contributed by atoms with Crippen molar-refractivity contribution in [3.05, 3.63) is 78.3 Å². The number of carbonyl (C=O) groups excluding carboxylic acids is 1. The van der Waals surface area contributed by atoms with E-state index < -0.39 is 32.5 Å². The van der Waals surface area contributed by atoms with Crippen molar-refractivity contribution in [3.8, 4) is 5.75 Å². The molecule has 2 aromatic heterocycles. The molecule has 34 heavy (non-hydrogen) atoms. The maximum atomic E-state index is 14.0. The van der Waals surface area contributed by atoms with E-state index in [1.165, 1.54) is 6.20 Å². The summed E-state index contributed by atoms with van der Waals surface area (Å²) in [5.74, 6) is -1.99. The summed E-state index contributed by atoms with van der Waals surface area (Å²) in [4.78, 5) is 20.3. The molecule has 1 saturated heterocycles. The van der Waals surface area contributed by atoms with Gasteiger partial charge < -0.3 is 10.1 Å². The summed E-state index contributed by atoms with van der Waals surface area (Å²) in [6.07, 6.45) is 5.28. The molecule has 178 valence electrons. The second kappa shape index (κ2) is 10.2. The third-order valence-electron chi connectivity index (χ3n) is 5.49. The van der Waals surface area contributed by atoms with Gasteiger partial charge in [0.15, 0.2) is 11.6 Å². The molecule has 8 nitrogen and oxygen atoms in total. The van der Waals surface area contributed by atoms with Gasteiger partial charge in [0, 0.05) is 37.6 Å². The summed E-state index contributed by atoms with van der Waals surface area (Å²) in [6.45, 7) is 0.276. The molecule has 3 heterocycles. The number of amides is 1. The largest absolute Gasteiger partial charge is 0.485 e. The lowest BCUT2D eigenvalue weighted by molar-refractivity contribution is -0.120. The molecule has 0 aliphatic carbocycles. The minimum atomic E-state index is -4.21. The molecule has 1 aliphatic heterocycles. The number of aromatic nitrogens is 2. The highest BCUT2D eigenvalue weighted by Gasteiger charge is 2.34. The third-order valence-corrected chi connectivity index (χ3v) is 7.41. The number of nitrogens with zero attached hydrogens (tertiary/aromatic N) is 3. The van der Waals surface area contributed by atoms with Crippen LogP contribution in [0.25, 0.3) is 0 Å². The molecule has 1 N–H and O–H groups in total. The second-order valence-corrected chi connectivity index (χ2v) is 9.64.